The Morgan fingerprint density at radius 2 is 1.58 bits per heavy atom. The molecule has 0 spiro atoms. The summed E-state index contributed by atoms with van der Waals surface area (Å²) in [5, 5.41) is 2.62. The van der Waals surface area contributed by atoms with Crippen molar-refractivity contribution in [1.29, 1.82) is 0 Å². The van der Waals surface area contributed by atoms with Crippen LogP contribution >= 0.6 is 0 Å². The van der Waals surface area contributed by atoms with Gasteiger partial charge in [0.15, 0.2) is 0 Å². The predicted octanol–water partition coefficient (Wildman–Crippen LogP) is 2.51. The molecule has 2 aromatic carbocycles. The van der Waals surface area contributed by atoms with Gasteiger partial charge in [0.1, 0.15) is 12.2 Å². The Bertz CT molecular complexity index is 1270. The third kappa shape index (κ3) is 4.41. The largest absolute Gasteiger partial charge is 0.318 e. The lowest BCUT2D eigenvalue weighted by Gasteiger charge is -2.25. The molecule has 0 saturated carbocycles. The molecule has 0 radical (unpaired) electrons. The average molecular weight is 443 g/mol. The van der Waals surface area contributed by atoms with E-state index in [-0.39, 0.29) is 5.69 Å². The Hall–Kier alpha value is -3.33. The lowest BCUT2D eigenvalue weighted by Crippen LogP contribution is -2.39. The standard InChI is InChI=1S/C22H26N4O4S/c1-15-10-9-11-16(2)21(15)25(31(5,29)30)14-19(27)23-20-17(3)24(4)26(22(20)28)18-12-7-6-8-13-18/h6-13H,14H2,1-5H3,(H,23,27). The highest BCUT2D eigenvalue weighted by atomic mass is 32.2. The van der Waals surface area contributed by atoms with Gasteiger partial charge in [-0.3, -0.25) is 18.6 Å². The number of carbonyl (C=O) groups is 1. The number of nitrogens with zero attached hydrogens (tertiary/aromatic N) is 3. The molecule has 3 rings (SSSR count). The van der Waals surface area contributed by atoms with E-state index in [2.05, 4.69) is 5.32 Å². The fourth-order valence-electron chi connectivity index (χ4n) is 3.58. The molecule has 164 valence electrons. The minimum atomic E-state index is -3.73. The summed E-state index contributed by atoms with van der Waals surface area (Å²) in [6.45, 7) is 4.86. The number of nitrogens with one attached hydrogen (secondary N) is 1. The summed E-state index contributed by atoms with van der Waals surface area (Å²) in [5.41, 5.74) is 2.88. The smallest absolute Gasteiger partial charge is 0.295 e. The monoisotopic (exact) mass is 442 g/mol. The van der Waals surface area contributed by atoms with Crippen molar-refractivity contribution in [3.8, 4) is 5.69 Å². The van der Waals surface area contributed by atoms with E-state index < -0.39 is 28.0 Å². The molecule has 0 aliphatic heterocycles. The lowest BCUT2D eigenvalue weighted by atomic mass is 10.1. The van der Waals surface area contributed by atoms with E-state index in [4.69, 9.17) is 0 Å². The number of hydrogen-bond donors (Lipinski definition) is 1. The zero-order valence-corrected chi connectivity index (χ0v) is 19.0. The topological polar surface area (TPSA) is 93.4 Å². The van der Waals surface area contributed by atoms with E-state index in [9.17, 15) is 18.0 Å². The van der Waals surface area contributed by atoms with Crippen LogP contribution in [0.4, 0.5) is 11.4 Å². The third-order valence-electron chi connectivity index (χ3n) is 5.20. The maximum Gasteiger partial charge on any atom is 0.295 e. The molecule has 0 unspecified atom stereocenters. The Morgan fingerprint density at radius 1 is 1.00 bits per heavy atom. The van der Waals surface area contributed by atoms with E-state index in [0.717, 1.165) is 21.7 Å². The molecule has 31 heavy (non-hydrogen) atoms. The summed E-state index contributed by atoms with van der Waals surface area (Å²) in [4.78, 5) is 25.9. The minimum absolute atomic E-state index is 0.117. The Kier molecular flexibility index (Phi) is 6.08. The van der Waals surface area contributed by atoms with Crippen LogP contribution in [0.1, 0.15) is 16.8 Å². The number of para-hydroxylation sites is 2. The molecule has 1 aromatic heterocycles. The van der Waals surface area contributed by atoms with E-state index >= 15 is 0 Å². The molecule has 0 saturated heterocycles. The number of sulfonamides is 1. The number of rotatable bonds is 6. The number of carbonyl (C=O) groups excluding carboxylic acids is 1. The minimum Gasteiger partial charge on any atom is -0.318 e. The van der Waals surface area contributed by atoms with E-state index in [1.54, 1.807) is 56.8 Å². The molecule has 9 heteroatoms. The van der Waals surface area contributed by atoms with Crippen molar-refractivity contribution < 1.29 is 13.2 Å². The highest BCUT2D eigenvalue weighted by Crippen LogP contribution is 2.26. The zero-order chi connectivity index (χ0) is 22.9. The second-order valence-corrected chi connectivity index (χ2v) is 9.40. The van der Waals surface area contributed by atoms with Crippen molar-refractivity contribution in [2.75, 3.05) is 22.4 Å². The van der Waals surface area contributed by atoms with Gasteiger partial charge in [-0.15, -0.1) is 0 Å². The summed E-state index contributed by atoms with van der Waals surface area (Å²) in [6, 6.07) is 14.5. The van der Waals surface area contributed by atoms with Gasteiger partial charge in [-0.05, 0) is 44.0 Å². The summed E-state index contributed by atoms with van der Waals surface area (Å²) in [6.07, 6.45) is 1.06. The molecule has 0 aliphatic carbocycles. The second-order valence-electron chi connectivity index (χ2n) is 7.49. The van der Waals surface area contributed by atoms with Gasteiger partial charge in [-0.25, -0.2) is 13.1 Å². The number of hydrogen-bond acceptors (Lipinski definition) is 4. The fourth-order valence-corrected chi connectivity index (χ4v) is 4.55. The number of amides is 1. The number of aryl methyl sites for hydroxylation is 2. The molecule has 0 aliphatic rings. The second kappa shape index (κ2) is 8.43. The molecule has 0 bridgehead atoms. The van der Waals surface area contributed by atoms with Crippen LogP contribution in [0.15, 0.2) is 53.3 Å². The maximum absolute atomic E-state index is 13.0. The molecule has 0 fully saturated rings. The molecule has 3 aromatic rings. The highest BCUT2D eigenvalue weighted by molar-refractivity contribution is 7.92. The van der Waals surface area contributed by atoms with Crippen LogP contribution in [-0.4, -0.2) is 36.5 Å². The van der Waals surface area contributed by atoms with Crippen molar-refractivity contribution in [2.45, 2.75) is 20.8 Å². The van der Waals surface area contributed by atoms with Crippen molar-refractivity contribution in [2.24, 2.45) is 7.05 Å². The van der Waals surface area contributed by atoms with Crippen molar-refractivity contribution in [3.05, 3.63) is 75.7 Å². The molecule has 1 heterocycles. The predicted molar refractivity (Wildman–Crippen MR) is 122 cm³/mol. The van der Waals surface area contributed by atoms with Gasteiger partial charge in [-0.1, -0.05) is 36.4 Å². The van der Waals surface area contributed by atoms with E-state index in [0.29, 0.717) is 17.1 Å². The molecule has 1 amide bonds. The van der Waals surface area contributed by atoms with Crippen LogP contribution in [0, 0.1) is 20.8 Å². The van der Waals surface area contributed by atoms with Crippen molar-refractivity contribution in [1.82, 2.24) is 9.36 Å². The fraction of sp³-hybridized carbons (Fsp3) is 0.273. The average Bonchev–Trinajstić information content (AvgIpc) is 2.90. The van der Waals surface area contributed by atoms with Crippen molar-refractivity contribution >= 4 is 27.3 Å². The van der Waals surface area contributed by atoms with Gasteiger partial charge < -0.3 is 5.32 Å². The molecule has 0 atom stereocenters. The molecule has 1 N–H and O–H groups in total. The summed E-state index contributed by atoms with van der Waals surface area (Å²) in [5.74, 6) is -0.598. The van der Waals surface area contributed by atoms with Gasteiger partial charge in [0.25, 0.3) is 5.56 Å². The van der Waals surface area contributed by atoms with E-state index in [1.807, 2.05) is 24.3 Å². The SMILES string of the molecule is Cc1cccc(C)c1N(CC(=O)Nc1c(C)n(C)n(-c2ccccc2)c1=O)S(C)(=O)=O. The quantitative estimate of drug-likeness (QED) is 0.635. The van der Waals surface area contributed by atoms with E-state index in [1.165, 1.54) is 4.68 Å². The van der Waals surface area contributed by atoms with Gasteiger partial charge >= 0.3 is 0 Å². The first-order chi connectivity index (χ1) is 14.5. The van der Waals surface area contributed by atoms with Crippen LogP contribution < -0.4 is 15.2 Å². The number of anilines is 2. The summed E-state index contributed by atoms with van der Waals surface area (Å²) >= 11 is 0. The van der Waals surface area contributed by atoms with Crippen LogP contribution in [0.2, 0.25) is 0 Å². The molecular formula is C22H26N4O4S. The highest BCUT2D eigenvalue weighted by Gasteiger charge is 2.25. The van der Waals surface area contributed by atoms with Crippen LogP contribution in [0.3, 0.4) is 0 Å². The lowest BCUT2D eigenvalue weighted by molar-refractivity contribution is -0.114. The zero-order valence-electron chi connectivity index (χ0n) is 18.2. The van der Waals surface area contributed by atoms with Gasteiger partial charge in [0.05, 0.1) is 23.3 Å². The first-order valence-corrected chi connectivity index (χ1v) is 11.5. The first-order valence-electron chi connectivity index (χ1n) is 9.70. The Balaban J connectivity index is 1.96. The molecular weight excluding hydrogens is 416 g/mol. The first kappa shape index (κ1) is 22.4. The number of benzene rings is 2. The molecule has 8 nitrogen and oxygen atoms in total. The Morgan fingerprint density at radius 3 is 2.13 bits per heavy atom. The van der Waals surface area contributed by atoms with Gasteiger partial charge in [0.2, 0.25) is 15.9 Å². The third-order valence-corrected chi connectivity index (χ3v) is 6.31. The summed E-state index contributed by atoms with van der Waals surface area (Å²) < 4.78 is 29.1. The van der Waals surface area contributed by atoms with Gasteiger partial charge in [-0.2, -0.15) is 0 Å². The Labute approximate surface area is 181 Å². The normalized spacial score (nSPS) is 11.4. The maximum atomic E-state index is 13.0. The van der Waals surface area contributed by atoms with Gasteiger partial charge in [0, 0.05) is 7.05 Å². The number of aromatic nitrogens is 2. The van der Waals surface area contributed by atoms with Crippen LogP contribution in [-0.2, 0) is 21.9 Å². The van der Waals surface area contributed by atoms with Crippen LogP contribution in [0.5, 0.6) is 0 Å². The van der Waals surface area contributed by atoms with Crippen molar-refractivity contribution in [3.63, 3.8) is 0 Å². The van der Waals surface area contributed by atoms with Crippen LogP contribution in [0.25, 0.3) is 5.69 Å². The summed E-state index contributed by atoms with van der Waals surface area (Å²) in [7, 11) is -2.01.